The first kappa shape index (κ1) is 29.1. The molecule has 0 N–H and O–H groups in total. The van der Waals surface area contributed by atoms with Crippen LogP contribution in [0.15, 0.2) is 12.7 Å². The largest absolute Gasteiger partial charge is 0.168 e. The van der Waals surface area contributed by atoms with Gasteiger partial charge in [-0.05, 0) is 47.4 Å². The molecule has 0 spiro atoms. The Hall–Kier alpha value is -0.929. The van der Waals surface area contributed by atoms with E-state index in [0.717, 1.165) is 0 Å². The lowest BCUT2D eigenvalue weighted by molar-refractivity contribution is 0.730. The molecule has 0 saturated carbocycles. The third kappa shape index (κ3) is 7.34. The van der Waals surface area contributed by atoms with Crippen molar-refractivity contribution in [3.8, 4) is 34.4 Å². The fourth-order valence-electron chi connectivity index (χ4n) is 3.18. The summed E-state index contributed by atoms with van der Waals surface area (Å²) in [7, 11) is -4.91. The minimum Gasteiger partial charge on any atom is -0.128 e. The van der Waals surface area contributed by atoms with Gasteiger partial charge in [0.15, 0.2) is 5.41 Å². The molecular formula is C27H48Si3. The van der Waals surface area contributed by atoms with E-state index < -0.39 is 29.6 Å². The number of hydrogen-bond donors (Lipinski definition) is 0. The molecule has 30 heavy (non-hydrogen) atoms. The lowest BCUT2D eigenvalue weighted by atomic mass is 9.92. The van der Waals surface area contributed by atoms with Gasteiger partial charge in [-0.15, -0.1) is 16.6 Å². The van der Waals surface area contributed by atoms with E-state index in [9.17, 15) is 0 Å². The lowest BCUT2D eigenvalue weighted by Crippen LogP contribution is -2.36. The third-order valence-electron chi connectivity index (χ3n) is 7.86. The predicted molar refractivity (Wildman–Crippen MR) is 148 cm³/mol. The number of hydrogen-bond acceptors (Lipinski definition) is 0. The van der Waals surface area contributed by atoms with Gasteiger partial charge in [-0.1, -0.05) is 99.7 Å². The first-order chi connectivity index (χ1) is 13.8. The van der Waals surface area contributed by atoms with E-state index in [1.165, 1.54) is 36.3 Å². The van der Waals surface area contributed by atoms with E-state index in [4.69, 9.17) is 0 Å². The summed E-state index contributed by atoms with van der Waals surface area (Å²) in [4.78, 5) is 0. The first-order valence-electron chi connectivity index (χ1n) is 12.1. The van der Waals surface area contributed by atoms with Gasteiger partial charge in [0.1, 0.15) is 24.2 Å². The summed E-state index contributed by atoms with van der Waals surface area (Å²) in [6, 6.07) is 7.17. The molecular weight excluding hydrogens is 409 g/mol. The van der Waals surface area contributed by atoms with E-state index >= 15 is 0 Å². The fraction of sp³-hybridized carbons (Fsp3) is 0.704. The van der Waals surface area contributed by atoms with Crippen molar-refractivity contribution in [3.05, 3.63) is 12.7 Å². The maximum Gasteiger partial charge on any atom is 0.168 e. The Balaban J connectivity index is 6.83. The summed E-state index contributed by atoms with van der Waals surface area (Å²) in [6.07, 6.45) is 1.94. The van der Waals surface area contributed by atoms with Gasteiger partial charge in [0, 0.05) is 0 Å². The molecule has 0 aliphatic rings. The number of allylic oxidation sites excluding steroid dienone is 1. The van der Waals surface area contributed by atoms with Gasteiger partial charge in [-0.25, -0.2) is 0 Å². The zero-order valence-electron chi connectivity index (χ0n) is 22.0. The second-order valence-electron chi connectivity index (χ2n) is 10.3. The highest BCUT2D eigenvalue weighted by Gasteiger charge is 2.35. The summed E-state index contributed by atoms with van der Waals surface area (Å²) >= 11 is 0. The van der Waals surface area contributed by atoms with Crippen LogP contribution < -0.4 is 0 Å². The summed E-state index contributed by atoms with van der Waals surface area (Å²) in [5.41, 5.74) is 10.6. The summed E-state index contributed by atoms with van der Waals surface area (Å²) in [6.45, 7) is 29.7. The fourth-order valence-corrected chi connectivity index (χ4v) is 9.05. The van der Waals surface area contributed by atoms with Crippen molar-refractivity contribution in [2.24, 2.45) is 5.41 Å². The monoisotopic (exact) mass is 456 g/mol. The second-order valence-corrected chi connectivity index (χ2v) is 25.2. The van der Waals surface area contributed by atoms with Crippen LogP contribution in [0, 0.1) is 39.8 Å². The Kier molecular flexibility index (Phi) is 11.3. The van der Waals surface area contributed by atoms with Crippen LogP contribution in [0.2, 0.25) is 54.4 Å². The predicted octanol–water partition coefficient (Wildman–Crippen LogP) is 8.31. The second kappa shape index (κ2) is 11.6. The van der Waals surface area contributed by atoms with Gasteiger partial charge in [-0.2, -0.15) is 0 Å². The van der Waals surface area contributed by atoms with Crippen LogP contribution in [-0.4, -0.2) is 24.2 Å². The van der Waals surface area contributed by atoms with Crippen molar-refractivity contribution >= 4 is 24.2 Å². The molecule has 0 aliphatic heterocycles. The highest BCUT2D eigenvalue weighted by molar-refractivity contribution is 6.88. The Morgan fingerprint density at radius 3 is 1.17 bits per heavy atom. The van der Waals surface area contributed by atoms with Crippen LogP contribution in [0.1, 0.15) is 62.3 Å². The molecule has 0 unspecified atom stereocenters. The van der Waals surface area contributed by atoms with Crippen LogP contribution >= 0.6 is 0 Å². The van der Waals surface area contributed by atoms with Crippen molar-refractivity contribution in [3.63, 3.8) is 0 Å². The summed E-state index contributed by atoms with van der Waals surface area (Å²) in [5.74, 6) is 10.9. The minimum absolute atomic E-state index is 0.220. The van der Waals surface area contributed by atoms with Crippen molar-refractivity contribution in [1.29, 1.82) is 0 Å². The van der Waals surface area contributed by atoms with Crippen molar-refractivity contribution in [2.45, 2.75) is 117 Å². The van der Waals surface area contributed by atoms with Crippen molar-refractivity contribution < 1.29 is 0 Å². The molecule has 0 radical (unpaired) electrons. The topological polar surface area (TPSA) is 0 Å². The lowest BCUT2D eigenvalue weighted by Gasteiger charge is -2.32. The maximum absolute atomic E-state index is 4.19. The molecule has 0 aromatic carbocycles. The minimum atomic E-state index is -1.75. The molecule has 3 heteroatoms. The third-order valence-corrected chi connectivity index (χ3v) is 21.8. The Morgan fingerprint density at radius 1 is 0.633 bits per heavy atom. The molecule has 0 aromatic rings. The van der Waals surface area contributed by atoms with Gasteiger partial charge in [0.25, 0.3) is 0 Å². The number of rotatable bonds is 7. The average molecular weight is 457 g/mol. The van der Waals surface area contributed by atoms with E-state index in [-0.39, 0.29) is 5.04 Å². The SMILES string of the molecule is C=CC(C#C[Si](CC)(CC)CC)(C#C[Si](CC)(CC)CC)C#C[Si](C)(C)C(C)(C)C. The highest BCUT2D eigenvalue weighted by atomic mass is 28.3. The van der Waals surface area contributed by atoms with Crippen LogP contribution in [0.5, 0.6) is 0 Å². The van der Waals surface area contributed by atoms with Crippen LogP contribution in [0.25, 0.3) is 0 Å². The Morgan fingerprint density at radius 2 is 0.933 bits per heavy atom. The molecule has 0 bridgehead atoms. The van der Waals surface area contributed by atoms with E-state index in [1.54, 1.807) is 0 Å². The van der Waals surface area contributed by atoms with Gasteiger partial charge in [-0.3, -0.25) is 0 Å². The summed E-state index contributed by atoms with van der Waals surface area (Å²) < 4.78 is 0. The first-order valence-corrected chi connectivity index (χ1v) is 20.3. The Bertz CT molecular complexity index is 655. The van der Waals surface area contributed by atoms with E-state index in [2.05, 4.69) is 116 Å². The highest BCUT2D eigenvalue weighted by Crippen LogP contribution is 2.35. The normalized spacial score (nSPS) is 12.6. The molecule has 0 aliphatic carbocycles. The van der Waals surface area contributed by atoms with Gasteiger partial charge < -0.3 is 0 Å². The van der Waals surface area contributed by atoms with Gasteiger partial charge >= 0.3 is 0 Å². The van der Waals surface area contributed by atoms with Crippen LogP contribution in [-0.2, 0) is 0 Å². The quantitative estimate of drug-likeness (QED) is 0.205. The average Bonchev–Trinajstić information content (AvgIpc) is 2.73. The van der Waals surface area contributed by atoms with Crippen molar-refractivity contribution in [1.82, 2.24) is 0 Å². The smallest absolute Gasteiger partial charge is 0.128 e. The molecule has 0 fully saturated rings. The standard InChI is InChI=1S/C27H48Si3/c1-13-27(20-23-28(11,12)26(8,9)10,21-24-29(14-2,15-3)16-4)22-25-30(17-5,18-6)19-7/h13H,1,14-19H2,2-12H3. The Labute approximate surface area is 193 Å². The van der Waals surface area contributed by atoms with E-state index in [0.29, 0.717) is 0 Å². The zero-order valence-corrected chi connectivity index (χ0v) is 25.0. The molecule has 0 rings (SSSR count). The maximum atomic E-state index is 4.19. The zero-order chi connectivity index (χ0) is 23.7. The molecule has 0 aromatic heterocycles. The summed E-state index contributed by atoms with van der Waals surface area (Å²) in [5, 5.41) is 0.220. The molecule has 0 nitrogen and oxygen atoms in total. The van der Waals surface area contributed by atoms with Gasteiger partial charge in [0.05, 0.1) is 0 Å². The van der Waals surface area contributed by atoms with Gasteiger partial charge in [0.2, 0.25) is 0 Å². The molecule has 0 saturated heterocycles. The molecule has 0 amide bonds. The van der Waals surface area contributed by atoms with Crippen LogP contribution in [0.3, 0.4) is 0 Å². The molecule has 0 heterocycles. The van der Waals surface area contributed by atoms with Crippen LogP contribution in [0.4, 0.5) is 0 Å². The van der Waals surface area contributed by atoms with E-state index in [1.807, 2.05) is 6.08 Å². The van der Waals surface area contributed by atoms with Crippen molar-refractivity contribution in [2.75, 3.05) is 0 Å². The molecule has 0 atom stereocenters. The molecule has 168 valence electrons.